The Balaban J connectivity index is 2.26. The van der Waals surface area contributed by atoms with Crippen molar-refractivity contribution in [3.8, 4) is 0 Å². The van der Waals surface area contributed by atoms with Crippen LogP contribution in [0.15, 0.2) is 16.6 Å². The van der Waals surface area contributed by atoms with Crippen LogP contribution in [0.1, 0.15) is 6.42 Å². The lowest BCUT2D eigenvalue weighted by atomic mass is 10.2. The average molecular weight is 319 g/mol. The number of hydrogen-bond donors (Lipinski definition) is 1. The molecule has 0 bridgehead atoms. The number of nitrogens with one attached hydrogen (secondary N) is 1. The standard InChI is InChI=1S/C11H9BrF2N2O2/c1-16-9(17)4-8(11(16)18)15-10-6(12)2-5(13)3-7(10)14/h2-3,8,15H,4H2,1H3. The Morgan fingerprint density at radius 1 is 1.39 bits per heavy atom. The minimum atomic E-state index is -0.823. The average Bonchev–Trinajstić information content (AvgIpc) is 2.51. The van der Waals surface area contributed by atoms with Crippen molar-refractivity contribution < 1.29 is 18.4 Å². The third kappa shape index (κ3) is 2.22. The summed E-state index contributed by atoms with van der Waals surface area (Å²) in [6.07, 6.45) is -0.0431. The van der Waals surface area contributed by atoms with Crippen molar-refractivity contribution in [1.82, 2.24) is 4.90 Å². The summed E-state index contributed by atoms with van der Waals surface area (Å²) in [5.41, 5.74) is -0.0298. The first-order valence-corrected chi connectivity index (χ1v) is 5.91. The van der Waals surface area contributed by atoms with Crippen molar-refractivity contribution in [3.05, 3.63) is 28.2 Å². The maximum atomic E-state index is 13.5. The topological polar surface area (TPSA) is 49.4 Å². The van der Waals surface area contributed by atoms with Gasteiger partial charge in [0.1, 0.15) is 17.7 Å². The predicted octanol–water partition coefficient (Wildman–Crippen LogP) is 1.90. The third-order valence-electron chi connectivity index (χ3n) is 2.71. The molecule has 2 rings (SSSR count). The molecule has 4 nitrogen and oxygen atoms in total. The molecule has 96 valence electrons. The number of hydrogen-bond acceptors (Lipinski definition) is 3. The fourth-order valence-corrected chi connectivity index (χ4v) is 2.25. The molecular formula is C11H9BrF2N2O2. The molecule has 1 saturated heterocycles. The number of likely N-dealkylation sites (tertiary alicyclic amines) is 1. The number of rotatable bonds is 2. The molecule has 0 radical (unpaired) electrons. The highest BCUT2D eigenvalue weighted by molar-refractivity contribution is 9.10. The van der Waals surface area contributed by atoms with Gasteiger partial charge < -0.3 is 5.32 Å². The number of imide groups is 1. The van der Waals surface area contributed by atoms with Gasteiger partial charge in [-0.25, -0.2) is 8.78 Å². The summed E-state index contributed by atoms with van der Waals surface area (Å²) < 4.78 is 26.6. The van der Waals surface area contributed by atoms with E-state index in [0.29, 0.717) is 6.07 Å². The van der Waals surface area contributed by atoms with Gasteiger partial charge in [0.15, 0.2) is 0 Å². The fraction of sp³-hybridized carbons (Fsp3) is 0.273. The monoisotopic (exact) mass is 318 g/mol. The molecule has 7 heteroatoms. The van der Waals surface area contributed by atoms with E-state index in [1.54, 1.807) is 0 Å². The van der Waals surface area contributed by atoms with Gasteiger partial charge in [0.25, 0.3) is 5.91 Å². The summed E-state index contributed by atoms with van der Waals surface area (Å²) >= 11 is 3.00. The van der Waals surface area contributed by atoms with Crippen LogP contribution >= 0.6 is 15.9 Å². The number of amides is 2. The molecular weight excluding hydrogens is 310 g/mol. The SMILES string of the molecule is CN1C(=O)CC(Nc2c(F)cc(F)cc2Br)C1=O. The highest BCUT2D eigenvalue weighted by atomic mass is 79.9. The van der Waals surface area contributed by atoms with Crippen LogP contribution in [0, 0.1) is 11.6 Å². The minimum absolute atomic E-state index is 0.0298. The van der Waals surface area contributed by atoms with Gasteiger partial charge >= 0.3 is 0 Å². The first-order valence-electron chi connectivity index (χ1n) is 5.11. The van der Waals surface area contributed by atoms with Gasteiger partial charge in [0.05, 0.1) is 12.1 Å². The Kier molecular flexibility index (Phi) is 3.34. The number of benzene rings is 1. The van der Waals surface area contributed by atoms with E-state index in [0.717, 1.165) is 11.0 Å². The smallest absolute Gasteiger partial charge is 0.251 e. The maximum absolute atomic E-state index is 13.5. The normalized spacial score (nSPS) is 19.6. The molecule has 1 aromatic rings. The summed E-state index contributed by atoms with van der Waals surface area (Å²) in [5.74, 6) is -2.32. The molecule has 1 aliphatic heterocycles. The number of likely N-dealkylation sites (N-methyl/N-ethyl adjacent to an activating group) is 1. The number of carbonyl (C=O) groups is 2. The molecule has 1 aliphatic rings. The summed E-state index contributed by atoms with van der Waals surface area (Å²) in [6, 6.07) is 0.966. The Morgan fingerprint density at radius 3 is 2.56 bits per heavy atom. The van der Waals surface area contributed by atoms with E-state index < -0.39 is 23.6 Å². The van der Waals surface area contributed by atoms with E-state index in [2.05, 4.69) is 21.2 Å². The highest BCUT2D eigenvalue weighted by Gasteiger charge is 2.36. The van der Waals surface area contributed by atoms with Crippen molar-refractivity contribution >= 4 is 33.4 Å². The van der Waals surface area contributed by atoms with Crippen LogP contribution < -0.4 is 5.32 Å². The zero-order valence-corrected chi connectivity index (χ0v) is 10.9. The van der Waals surface area contributed by atoms with Crippen LogP contribution in [-0.4, -0.2) is 29.8 Å². The summed E-state index contributed by atoms with van der Waals surface area (Å²) in [6.45, 7) is 0. The van der Waals surface area contributed by atoms with Crippen molar-refractivity contribution in [2.45, 2.75) is 12.5 Å². The first kappa shape index (κ1) is 12.9. The molecule has 18 heavy (non-hydrogen) atoms. The molecule has 1 aromatic carbocycles. The van der Waals surface area contributed by atoms with Gasteiger partial charge in [0, 0.05) is 17.6 Å². The molecule has 1 N–H and O–H groups in total. The van der Waals surface area contributed by atoms with Crippen molar-refractivity contribution in [2.75, 3.05) is 12.4 Å². The van der Waals surface area contributed by atoms with Crippen LogP contribution in [0.3, 0.4) is 0 Å². The number of halogens is 3. The number of carbonyl (C=O) groups excluding carboxylic acids is 2. The van der Waals surface area contributed by atoms with E-state index in [9.17, 15) is 18.4 Å². The summed E-state index contributed by atoms with van der Waals surface area (Å²) in [4.78, 5) is 23.9. The minimum Gasteiger partial charge on any atom is -0.370 e. The van der Waals surface area contributed by atoms with Crippen LogP contribution in [0.2, 0.25) is 0 Å². The molecule has 0 saturated carbocycles. The zero-order valence-electron chi connectivity index (χ0n) is 9.34. The second-order valence-electron chi connectivity index (χ2n) is 3.94. The van der Waals surface area contributed by atoms with Gasteiger partial charge in [-0.3, -0.25) is 14.5 Å². The van der Waals surface area contributed by atoms with E-state index in [-0.39, 0.29) is 22.5 Å². The van der Waals surface area contributed by atoms with Crippen LogP contribution in [0.25, 0.3) is 0 Å². The second-order valence-corrected chi connectivity index (χ2v) is 4.79. The molecule has 1 atom stereocenters. The predicted molar refractivity (Wildman–Crippen MR) is 63.9 cm³/mol. The Labute approximate surface area is 110 Å². The van der Waals surface area contributed by atoms with Crippen molar-refractivity contribution in [1.29, 1.82) is 0 Å². The lowest BCUT2D eigenvalue weighted by molar-refractivity contribution is -0.136. The first-order chi connectivity index (χ1) is 8.40. The van der Waals surface area contributed by atoms with Gasteiger partial charge in [-0.2, -0.15) is 0 Å². The molecule has 0 aliphatic carbocycles. The van der Waals surface area contributed by atoms with Gasteiger partial charge in [0.2, 0.25) is 5.91 Å². The van der Waals surface area contributed by atoms with Crippen molar-refractivity contribution in [3.63, 3.8) is 0 Å². The van der Waals surface area contributed by atoms with Gasteiger partial charge in [-0.05, 0) is 22.0 Å². The summed E-state index contributed by atoms with van der Waals surface area (Å²) in [7, 11) is 1.36. The highest BCUT2D eigenvalue weighted by Crippen LogP contribution is 2.29. The lowest BCUT2D eigenvalue weighted by Gasteiger charge is -2.14. The van der Waals surface area contributed by atoms with Crippen molar-refractivity contribution in [2.24, 2.45) is 0 Å². The van der Waals surface area contributed by atoms with E-state index >= 15 is 0 Å². The van der Waals surface area contributed by atoms with Crippen LogP contribution in [0.5, 0.6) is 0 Å². The fourth-order valence-electron chi connectivity index (χ4n) is 1.72. The Morgan fingerprint density at radius 2 is 2.06 bits per heavy atom. The van der Waals surface area contributed by atoms with Gasteiger partial charge in [-0.1, -0.05) is 0 Å². The molecule has 2 amide bonds. The molecule has 1 heterocycles. The Bertz CT molecular complexity index is 513. The van der Waals surface area contributed by atoms with E-state index in [4.69, 9.17) is 0 Å². The number of nitrogens with zero attached hydrogens (tertiary/aromatic N) is 1. The maximum Gasteiger partial charge on any atom is 0.251 e. The zero-order chi connectivity index (χ0) is 13.4. The lowest BCUT2D eigenvalue weighted by Crippen LogP contribution is -2.32. The second kappa shape index (κ2) is 4.64. The quantitative estimate of drug-likeness (QED) is 0.847. The van der Waals surface area contributed by atoms with Crippen LogP contribution in [0.4, 0.5) is 14.5 Å². The largest absolute Gasteiger partial charge is 0.370 e. The Hall–Kier alpha value is -1.50. The molecule has 0 aromatic heterocycles. The third-order valence-corrected chi connectivity index (χ3v) is 3.33. The number of anilines is 1. The van der Waals surface area contributed by atoms with Crippen LogP contribution in [-0.2, 0) is 9.59 Å². The van der Waals surface area contributed by atoms with E-state index in [1.807, 2.05) is 0 Å². The molecule has 1 unspecified atom stereocenters. The summed E-state index contributed by atoms with van der Waals surface area (Å²) in [5, 5.41) is 2.61. The molecule has 0 spiro atoms. The van der Waals surface area contributed by atoms with Gasteiger partial charge in [-0.15, -0.1) is 0 Å². The molecule has 1 fully saturated rings. The van der Waals surface area contributed by atoms with E-state index in [1.165, 1.54) is 7.05 Å².